The molecule has 0 aliphatic heterocycles. The summed E-state index contributed by atoms with van der Waals surface area (Å²) in [5.41, 5.74) is 2.47. The van der Waals surface area contributed by atoms with Crippen LogP contribution in [0.4, 0.5) is 13.2 Å². The Morgan fingerprint density at radius 1 is 1.00 bits per heavy atom. The molecule has 0 radical (unpaired) electrons. The lowest BCUT2D eigenvalue weighted by Crippen LogP contribution is -2.32. The quantitative estimate of drug-likeness (QED) is 0.478. The molecule has 3 rings (SSSR count). The first-order valence-corrected chi connectivity index (χ1v) is 9.79. The van der Waals surface area contributed by atoms with Crippen LogP contribution in [0, 0.1) is 6.92 Å². The summed E-state index contributed by atoms with van der Waals surface area (Å²) in [5, 5.41) is 0. The molecule has 0 aliphatic rings. The molecule has 0 saturated carbocycles. The molecule has 0 atom stereocenters. The smallest absolute Gasteiger partial charge is 0.416 e. The number of hydrogen-bond donors (Lipinski definition) is 0. The van der Waals surface area contributed by atoms with Crippen molar-refractivity contribution in [3.63, 3.8) is 0 Å². The average Bonchev–Trinajstić information content (AvgIpc) is 2.74. The van der Waals surface area contributed by atoms with Crippen molar-refractivity contribution in [2.75, 3.05) is 13.2 Å². The minimum Gasteiger partial charge on any atom is -0.486 e. The molecule has 0 amide bonds. The number of pyridine rings is 1. The summed E-state index contributed by atoms with van der Waals surface area (Å²) in [6.07, 6.45) is -0.955. The second kappa shape index (κ2) is 10.2. The SMILES string of the molecule is Cc1ccccc1CN(CC(=O)COc1ccc(C(F)(F)F)cc1)Cc1cccnc1. The van der Waals surface area contributed by atoms with Crippen LogP contribution in [0.5, 0.6) is 5.75 Å². The number of aromatic nitrogens is 1. The fourth-order valence-electron chi connectivity index (χ4n) is 3.14. The molecule has 31 heavy (non-hydrogen) atoms. The normalized spacial score (nSPS) is 11.5. The first kappa shape index (κ1) is 22.5. The highest BCUT2D eigenvalue weighted by molar-refractivity contribution is 5.82. The molecule has 3 aromatic rings. The lowest BCUT2D eigenvalue weighted by molar-refractivity contribution is -0.137. The van der Waals surface area contributed by atoms with E-state index in [4.69, 9.17) is 4.74 Å². The highest BCUT2D eigenvalue weighted by atomic mass is 19.4. The van der Waals surface area contributed by atoms with Crippen LogP contribution in [0.3, 0.4) is 0 Å². The zero-order valence-corrected chi connectivity index (χ0v) is 17.1. The van der Waals surface area contributed by atoms with Crippen molar-refractivity contribution in [2.45, 2.75) is 26.2 Å². The van der Waals surface area contributed by atoms with E-state index in [1.165, 1.54) is 12.1 Å². The van der Waals surface area contributed by atoms with E-state index < -0.39 is 11.7 Å². The first-order valence-electron chi connectivity index (χ1n) is 9.79. The van der Waals surface area contributed by atoms with Gasteiger partial charge >= 0.3 is 6.18 Å². The van der Waals surface area contributed by atoms with Crippen molar-refractivity contribution in [3.05, 3.63) is 95.3 Å². The van der Waals surface area contributed by atoms with Gasteiger partial charge in [-0.05, 0) is 53.9 Å². The largest absolute Gasteiger partial charge is 0.486 e. The van der Waals surface area contributed by atoms with Crippen LogP contribution < -0.4 is 4.74 Å². The minimum absolute atomic E-state index is 0.143. The summed E-state index contributed by atoms with van der Waals surface area (Å²) in [6.45, 7) is 3.06. The van der Waals surface area contributed by atoms with E-state index in [1.807, 2.05) is 48.2 Å². The third-order valence-corrected chi connectivity index (χ3v) is 4.77. The number of rotatable bonds is 9. The summed E-state index contributed by atoms with van der Waals surface area (Å²) < 4.78 is 43.4. The number of carbonyl (C=O) groups is 1. The Bertz CT molecular complexity index is 990. The topological polar surface area (TPSA) is 42.4 Å². The van der Waals surface area contributed by atoms with E-state index >= 15 is 0 Å². The van der Waals surface area contributed by atoms with Gasteiger partial charge in [0, 0.05) is 25.5 Å². The zero-order valence-electron chi connectivity index (χ0n) is 17.1. The van der Waals surface area contributed by atoms with E-state index in [1.54, 1.807) is 12.4 Å². The van der Waals surface area contributed by atoms with Gasteiger partial charge in [0.05, 0.1) is 12.1 Å². The van der Waals surface area contributed by atoms with Crippen molar-refractivity contribution in [1.82, 2.24) is 9.88 Å². The maximum Gasteiger partial charge on any atom is 0.416 e. The highest BCUT2D eigenvalue weighted by Gasteiger charge is 2.30. The van der Waals surface area contributed by atoms with Gasteiger partial charge in [-0.25, -0.2) is 0 Å². The van der Waals surface area contributed by atoms with Crippen molar-refractivity contribution in [1.29, 1.82) is 0 Å². The molecule has 2 aromatic carbocycles. The van der Waals surface area contributed by atoms with Gasteiger partial charge in [-0.3, -0.25) is 14.7 Å². The Morgan fingerprint density at radius 3 is 2.39 bits per heavy atom. The molecule has 0 spiro atoms. The van der Waals surface area contributed by atoms with Crippen molar-refractivity contribution in [3.8, 4) is 5.75 Å². The molecule has 0 aliphatic carbocycles. The monoisotopic (exact) mass is 428 g/mol. The lowest BCUT2D eigenvalue weighted by Gasteiger charge is -2.22. The molecule has 0 fully saturated rings. The second-order valence-electron chi connectivity index (χ2n) is 7.28. The highest BCUT2D eigenvalue weighted by Crippen LogP contribution is 2.30. The molecule has 1 heterocycles. The van der Waals surface area contributed by atoms with Crippen LogP contribution in [0.25, 0.3) is 0 Å². The molecule has 1 aromatic heterocycles. The molecule has 0 saturated heterocycles. The zero-order chi connectivity index (χ0) is 22.3. The van der Waals surface area contributed by atoms with Crippen LogP contribution in [0.15, 0.2) is 73.1 Å². The lowest BCUT2D eigenvalue weighted by atomic mass is 10.1. The van der Waals surface area contributed by atoms with Gasteiger partial charge in [0.25, 0.3) is 0 Å². The van der Waals surface area contributed by atoms with E-state index in [2.05, 4.69) is 4.98 Å². The Morgan fingerprint density at radius 2 is 1.74 bits per heavy atom. The third-order valence-electron chi connectivity index (χ3n) is 4.77. The number of hydrogen-bond acceptors (Lipinski definition) is 4. The predicted molar refractivity (Wildman–Crippen MR) is 111 cm³/mol. The van der Waals surface area contributed by atoms with Crippen molar-refractivity contribution >= 4 is 5.78 Å². The Hall–Kier alpha value is -3.19. The molecule has 4 nitrogen and oxygen atoms in total. The van der Waals surface area contributed by atoms with Crippen LogP contribution in [-0.2, 0) is 24.1 Å². The molecule has 0 unspecified atom stereocenters. The fourth-order valence-corrected chi connectivity index (χ4v) is 3.14. The van der Waals surface area contributed by atoms with Crippen molar-refractivity contribution in [2.24, 2.45) is 0 Å². The van der Waals surface area contributed by atoms with Gasteiger partial charge in [-0.2, -0.15) is 13.2 Å². The van der Waals surface area contributed by atoms with Gasteiger partial charge in [0.1, 0.15) is 12.4 Å². The van der Waals surface area contributed by atoms with Crippen LogP contribution in [0.1, 0.15) is 22.3 Å². The molecule has 7 heteroatoms. The van der Waals surface area contributed by atoms with Gasteiger partial charge in [-0.15, -0.1) is 0 Å². The van der Waals surface area contributed by atoms with Gasteiger partial charge in [0.15, 0.2) is 5.78 Å². The van der Waals surface area contributed by atoms with E-state index in [0.29, 0.717) is 13.1 Å². The van der Waals surface area contributed by atoms with E-state index in [-0.39, 0.29) is 24.7 Å². The number of ether oxygens (including phenoxy) is 1. The number of aryl methyl sites for hydroxylation is 1. The Labute approximate surface area is 179 Å². The van der Waals surface area contributed by atoms with Crippen LogP contribution in [-0.4, -0.2) is 28.8 Å². The van der Waals surface area contributed by atoms with Crippen molar-refractivity contribution < 1.29 is 22.7 Å². The Kier molecular flexibility index (Phi) is 7.41. The summed E-state index contributed by atoms with van der Waals surface area (Å²) >= 11 is 0. The predicted octanol–water partition coefficient (Wildman–Crippen LogP) is 5.06. The van der Waals surface area contributed by atoms with Gasteiger partial charge in [-0.1, -0.05) is 30.3 Å². The maximum absolute atomic E-state index is 12.7. The van der Waals surface area contributed by atoms with Crippen LogP contribution in [0.2, 0.25) is 0 Å². The Balaban J connectivity index is 1.62. The van der Waals surface area contributed by atoms with E-state index in [9.17, 15) is 18.0 Å². The summed E-state index contributed by atoms with van der Waals surface area (Å²) in [7, 11) is 0. The van der Waals surface area contributed by atoms with Gasteiger partial charge in [0.2, 0.25) is 0 Å². The van der Waals surface area contributed by atoms with Gasteiger partial charge < -0.3 is 4.74 Å². The summed E-state index contributed by atoms with van der Waals surface area (Å²) in [4.78, 5) is 18.7. The number of ketones is 1. The number of carbonyl (C=O) groups excluding carboxylic acids is 1. The maximum atomic E-state index is 12.7. The number of alkyl halides is 3. The number of halogens is 3. The molecular formula is C24H23F3N2O2. The first-order chi connectivity index (χ1) is 14.8. The standard InChI is InChI=1S/C24H23F3N2O2/c1-18-5-2-3-7-20(18)15-29(14-19-6-4-12-28-13-19)16-22(30)17-31-23-10-8-21(9-11-23)24(25,26)27/h2-13H,14-17H2,1H3. The number of nitrogens with zero attached hydrogens (tertiary/aromatic N) is 2. The molecule has 0 bridgehead atoms. The fraction of sp³-hybridized carbons (Fsp3) is 0.250. The average molecular weight is 428 g/mol. The van der Waals surface area contributed by atoms with E-state index in [0.717, 1.165) is 28.8 Å². The summed E-state index contributed by atoms with van der Waals surface area (Å²) in [5.74, 6) is 0.0523. The van der Waals surface area contributed by atoms with Crippen LogP contribution >= 0.6 is 0 Å². The third kappa shape index (κ3) is 6.93. The minimum atomic E-state index is -4.41. The molecule has 162 valence electrons. The second-order valence-corrected chi connectivity index (χ2v) is 7.28. The number of benzene rings is 2. The molecular weight excluding hydrogens is 405 g/mol. The number of Topliss-reactive ketones (excluding diaryl/α,β-unsaturated/α-hetero) is 1. The summed E-state index contributed by atoms with van der Waals surface area (Å²) in [6, 6.07) is 16.1. The molecule has 0 N–H and O–H groups in total.